The highest BCUT2D eigenvalue weighted by Gasteiger charge is 2.48. The van der Waals surface area contributed by atoms with Crippen LogP contribution in [0.15, 0.2) is 24.3 Å². The molecule has 1 saturated heterocycles. The summed E-state index contributed by atoms with van der Waals surface area (Å²) in [5.41, 5.74) is 3.02. The van der Waals surface area contributed by atoms with Crippen molar-refractivity contribution < 1.29 is 13.9 Å². The number of carbonyl (C=O) groups is 1. The van der Waals surface area contributed by atoms with E-state index in [0.717, 1.165) is 5.01 Å². The number of ether oxygens (including phenoxy) is 1. The highest BCUT2D eigenvalue weighted by molar-refractivity contribution is 7.80. The van der Waals surface area contributed by atoms with E-state index in [1.807, 2.05) is 0 Å². The molecule has 1 aromatic rings. The largest absolute Gasteiger partial charge is 0.487 e. The highest BCUT2D eigenvalue weighted by atomic mass is 35.6. The lowest BCUT2D eigenvalue weighted by atomic mass is 10.2. The predicted molar refractivity (Wildman–Crippen MR) is 82.9 cm³/mol. The Labute approximate surface area is 140 Å². The summed E-state index contributed by atoms with van der Waals surface area (Å²) in [6.07, 6.45) is -0.862. The lowest BCUT2D eigenvalue weighted by Gasteiger charge is -2.23. The molecule has 0 saturated carbocycles. The number of nitrogens with one attached hydrogen (secondary N) is 1. The Kier molecular flexibility index (Phi) is 4.79. The number of carbonyl (C=O) groups excluding carboxylic acids is 1. The van der Waals surface area contributed by atoms with E-state index in [0.29, 0.717) is 5.69 Å². The molecule has 10 heteroatoms. The standard InChI is InChI=1S/C11H9Cl3FN3O2S/c1-20-9(21)8-16-18(11(12,13)14)10(19)17(8)7-4-2-6(15)3-5-7/h2-5,8,16H,1H3. The van der Waals surface area contributed by atoms with Crippen molar-refractivity contribution >= 4 is 63.8 Å². The van der Waals surface area contributed by atoms with Crippen molar-refractivity contribution in [2.45, 2.75) is 10.1 Å². The SMILES string of the molecule is COC(=S)C1NN(C(Cl)(Cl)Cl)C(=O)N1c1ccc(F)cc1. The monoisotopic (exact) mass is 371 g/mol. The summed E-state index contributed by atoms with van der Waals surface area (Å²) >= 11 is 22.2. The van der Waals surface area contributed by atoms with E-state index in [2.05, 4.69) is 5.43 Å². The molecular weight excluding hydrogens is 364 g/mol. The average Bonchev–Trinajstić information content (AvgIpc) is 2.76. The topological polar surface area (TPSA) is 44.8 Å². The smallest absolute Gasteiger partial charge is 0.344 e. The van der Waals surface area contributed by atoms with Crippen LogP contribution in [0.25, 0.3) is 0 Å². The number of thiocarbonyl (C=S) groups is 1. The van der Waals surface area contributed by atoms with Crippen LogP contribution in [-0.4, -0.2) is 33.3 Å². The molecule has 21 heavy (non-hydrogen) atoms. The first kappa shape index (κ1) is 16.5. The molecular formula is C11H9Cl3FN3O2S. The second-order valence-electron chi connectivity index (χ2n) is 3.99. The first-order chi connectivity index (χ1) is 9.75. The predicted octanol–water partition coefficient (Wildman–Crippen LogP) is 3.20. The van der Waals surface area contributed by atoms with Crippen LogP contribution in [0.5, 0.6) is 0 Å². The number of rotatable bonds is 2. The Morgan fingerprint density at radius 2 is 1.95 bits per heavy atom. The molecule has 2 amide bonds. The van der Waals surface area contributed by atoms with E-state index in [1.54, 1.807) is 0 Å². The Balaban J connectivity index is 2.41. The van der Waals surface area contributed by atoms with Gasteiger partial charge >= 0.3 is 6.03 Å². The second-order valence-corrected chi connectivity index (χ2v) is 6.61. The van der Waals surface area contributed by atoms with Crippen molar-refractivity contribution in [2.24, 2.45) is 0 Å². The van der Waals surface area contributed by atoms with Crippen molar-refractivity contribution in [3.63, 3.8) is 0 Å². The fraction of sp³-hybridized carbons (Fsp3) is 0.273. The minimum atomic E-state index is -2.02. The van der Waals surface area contributed by atoms with Gasteiger partial charge in [0.1, 0.15) is 5.82 Å². The highest BCUT2D eigenvalue weighted by Crippen LogP contribution is 2.35. The molecule has 1 aliphatic rings. The Morgan fingerprint density at radius 1 is 1.38 bits per heavy atom. The fourth-order valence-electron chi connectivity index (χ4n) is 1.77. The number of hydrogen-bond acceptors (Lipinski definition) is 4. The summed E-state index contributed by atoms with van der Waals surface area (Å²) in [5.74, 6) is -0.442. The number of anilines is 1. The van der Waals surface area contributed by atoms with Crippen molar-refractivity contribution in [2.75, 3.05) is 12.0 Å². The second kappa shape index (κ2) is 6.10. The van der Waals surface area contributed by atoms with Crippen LogP contribution in [0.3, 0.4) is 0 Å². The van der Waals surface area contributed by atoms with E-state index in [4.69, 9.17) is 51.8 Å². The zero-order chi connectivity index (χ0) is 15.8. The van der Waals surface area contributed by atoms with Crippen LogP contribution >= 0.6 is 47.0 Å². The minimum absolute atomic E-state index is 0.0597. The van der Waals surface area contributed by atoms with Crippen molar-refractivity contribution in [3.8, 4) is 0 Å². The molecule has 1 fully saturated rings. The maximum atomic E-state index is 13.0. The Hall–Kier alpha value is -0.860. The summed E-state index contributed by atoms with van der Waals surface area (Å²) < 4.78 is 16.0. The van der Waals surface area contributed by atoms with Gasteiger partial charge in [0.05, 0.1) is 7.11 Å². The summed E-state index contributed by atoms with van der Waals surface area (Å²) in [7, 11) is 1.36. The van der Waals surface area contributed by atoms with E-state index >= 15 is 0 Å². The summed E-state index contributed by atoms with van der Waals surface area (Å²) in [4.78, 5) is 13.6. The number of hydrogen-bond donors (Lipinski definition) is 1. The maximum absolute atomic E-state index is 13.0. The third kappa shape index (κ3) is 3.32. The van der Waals surface area contributed by atoms with Gasteiger partial charge in [0.15, 0.2) is 11.2 Å². The third-order valence-corrected chi connectivity index (χ3v) is 3.59. The molecule has 0 aliphatic carbocycles. The van der Waals surface area contributed by atoms with Gasteiger partial charge in [-0.05, 0) is 36.5 Å². The molecule has 1 unspecified atom stereocenters. The number of methoxy groups -OCH3 is 1. The Bertz CT molecular complexity index is 567. The van der Waals surface area contributed by atoms with E-state index < -0.39 is 21.9 Å². The molecule has 0 spiro atoms. The number of nitrogens with zero attached hydrogens (tertiary/aromatic N) is 2. The molecule has 0 aromatic heterocycles. The van der Waals surface area contributed by atoms with Gasteiger partial charge in [0.25, 0.3) is 3.92 Å². The Morgan fingerprint density at radius 3 is 2.43 bits per heavy atom. The zero-order valence-corrected chi connectivity index (χ0v) is 13.6. The van der Waals surface area contributed by atoms with Crippen LogP contribution in [0.1, 0.15) is 0 Å². The van der Waals surface area contributed by atoms with Gasteiger partial charge in [-0.3, -0.25) is 4.90 Å². The minimum Gasteiger partial charge on any atom is -0.487 e. The first-order valence-corrected chi connectivity index (χ1v) is 7.09. The number of halogens is 4. The van der Waals surface area contributed by atoms with Crippen LogP contribution < -0.4 is 10.3 Å². The van der Waals surface area contributed by atoms with Gasteiger partial charge in [0.2, 0.25) is 0 Å². The van der Waals surface area contributed by atoms with Gasteiger partial charge in [-0.15, -0.1) is 0 Å². The molecule has 1 N–H and O–H groups in total. The van der Waals surface area contributed by atoms with Crippen molar-refractivity contribution in [1.29, 1.82) is 0 Å². The van der Waals surface area contributed by atoms with Gasteiger partial charge in [-0.1, -0.05) is 34.8 Å². The van der Waals surface area contributed by atoms with E-state index in [1.165, 1.54) is 36.3 Å². The molecule has 2 rings (SSSR count). The fourth-order valence-corrected chi connectivity index (χ4v) is 2.29. The van der Waals surface area contributed by atoms with Crippen LogP contribution in [0.2, 0.25) is 0 Å². The normalized spacial score (nSPS) is 19.1. The molecule has 1 atom stereocenters. The number of amides is 2. The van der Waals surface area contributed by atoms with Crippen LogP contribution in [0, 0.1) is 5.82 Å². The molecule has 1 aliphatic heterocycles. The number of alkyl halides is 3. The van der Waals surface area contributed by atoms with Crippen LogP contribution in [-0.2, 0) is 4.74 Å². The summed E-state index contributed by atoms with van der Waals surface area (Å²) in [6.45, 7) is 0. The number of urea groups is 1. The summed E-state index contributed by atoms with van der Waals surface area (Å²) in [5, 5.41) is 0.848. The third-order valence-electron chi connectivity index (χ3n) is 2.69. The quantitative estimate of drug-likeness (QED) is 0.492. The molecule has 0 radical (unpaired) electrons. The molecule has 0 bridgehead atoms. The lowest BCUT2D eigenvalue weighted by molar-refractivity contribution is 0.200. The number of hydrazine groups is 1. The molecule has 114 valence electrons. The maximum Gasteiger partial charge on any atom is 0.344 e. The van der Waals surface area contributed by atoms with Gasteiger partial charge in [0, 0.05) is 5.69 Å². The van der Waals surface area contributed by atoms with E-state index in [9.17, 15) is 9.18 Å². The summed E-state index contributed by atoms with van der Waals surface area (Å²) in [6, 6.07) is 4.55. The molecule has 5 nitrogen and oxygen atoms in total. The van der Waals surface area contributed by atoms with Crippen molar-refractivity contribution in [1.82, 2.24) is 10.4 Å². The lowest BCUT2D eigenvalue weighted by Crippen LogP contribution is -2.47. The van der Waals surface area contributed by atoms with Gasteiger partial charge in [-0.2, -0.15) is 5.43 Å². The molecule has 1 aromatic carbocycles. The zero-order valence-electron chi connectivity index (χ0n) is 10.5. The first-order valence-electron chi connectivity index (χ1n) is 5.55. The van der Waals surface area contributed by atoms with E-state index in [-0.39, 0.29) is 5.05 Å². The molecule has 1 heterocycles. The van der Waals surface area contributed by atoms with Gasteiger partial charge in [-0.25, -0.2) is 14.2 Å². The van der Waals surface area contributed by atoms with Crippen LogP contribution in [0.4, 0.5) is 14.9 Å². The van der Waals surface area contributed by atoms with Gasteiger partial charge < -0.3 is 4.74 Å². The average molecular weight is 373 g/mol. The van der Waals surface area contributed by atoms with Crippen molar-refractivity contribution in [3.05, 3.63) is 30.1 Å². The number of benzene rings is 1.